The Kier molecular flexibility index (Phi) is 5.71. The Hall–Kier alpha value is -3.47. The van der Waals surface area contributed by atoms with E-state index < -0.39 is 0 Å². The van der Waals surface area contributed by atoms with E-state index in [-0.39, 0.29) is 12.2 Å². The summed E-state index contributed by atoms with van der Waals surface area (Å²) in [4.78, 5) is 11.6. The molecule has 0 spiro atoms. The zero-order valence-electron chi connectivity index (χ0n) is 18.8. The number of hydrogen-bond acceptors (Lipinski definition) is 7. The number of nitrogens with zero attached hydrogens (tertiary/aromatic N) is 4. The molecule has 33 heavy (non-hydrogen) atoms. The minimum absolute atomic E-state index is 0.217. The molecule has 0 bridgehead atoms. The molecule has 2 unspecified atom stereocenters. The number of fused-ring (bicyclic) bond motifs is 1. The fourth-order valence-electron chi connectivity index (χ4n) is 4.49. The van der Waals surface area contributed by atoms with E-state index in [4.69, 9.17) is 19.7 Å². The van der Waals surface area contributed by atoms with Gasteiger partial charge in [-0.1, -0.05) is 18.2 Å². The van der Waals surface area contributed by atoms with Gasteiger partial charge in [-0.25, -0.2) is 4.98 Å². The third-order valence-electron chi connectivity index (χ3n) is 5.86. The fraction of sp³-hybridized carbons (Fsp3) is 0.269. The molecule has 0 N–H and O–H groups in total. The summed E-state index contributed by atoms with van der Waals surface area (Å²) in [6, 6.07) is 16.6. The van der Waals surface area contributed by atoms with Gasteiger partial charge in [0.2, 0.25) is 0 Å². The summed E-state index contributed by atoms with van der Waals surface area (Å²) in [6.45, 7) is 6.00. The number of anilines is 1. The number of aromatic nitrogens is 2. The molecule has 6 nitrogen and oxygen atoms in total. The van der Waals surface area contributed by atoms with Crippen molar-refractivity contribution in [3.05, 3.63) is 59.7 Å². The predicted molar refractivity (Wildman–Crippen MR) is 132 cm³/mol. The van der Waals surface area contributed by atoms with Gasteiger partial charge in [0.1, 0.15) is 16.8 Å². The van der Waals surface area contributed by atoms with Gasteiger partial charge in [-0.15, -0.1) is 11.3 Å². The van der Waals surface area contributed by atoms with Crippen LogP contribution in [0.5, 0.6) is 5.75 Å². The van der Waals surface area contributed by atoms with Crippen LogP contribution >= 0.6 is 11.3 Å². The van der Waals surface area contributed by atoms with Crippen molar-refractivity contribution in [2.24, 2.45) is 0 Å². The monoisotopic (exact) mass is 456 g/mol. The van der Waals surface area contributed by atoms with Gasteiger partial charge in [0, 0.05) is 46.9 Å². The lowest BCUT2D eigenvalue weighted by atomic mass is 10.0. The van der Waals surface area contributed by atoms with Crippen molar-refractivity contribution in [1.82, 2.24) is 9.97 Å². The summed E-state index contributed by atoms with van der Waals surface area (Å²) in [6.07, 6.45) is 2.29. The molecule has 2 aromatic heterocycles. The lowest BCUT2D eigenvalue weighted by Gasteiger charge is -2.36. The van der Waals surface area contributed by atoms with Gasteiger partial charge in [0.05, 0.1) is 24.8 Å². The second kappa shape index (κ2) is 8.81. The van der Waals surface area contributed by atoms with E-state index in [1.165, 1.54) is 17.0 Å². The van der Waals surface area contributed by atoms with Gasteiger partial charge < -0.3 is 14.4 Å². The molecule has 0 aliphatic carbocycles. The summed E-state index contributed by atoms with van der Waals surface area (Å²) < 4.78 is 11.7. The van der Waals surface area contributed by atoms with Crippen molar-refractivity contribution in [2.75, 3.05) is 25.1 Å². The zero-order chi connectivity index (χ0) is 22.9. The molecule has 5 rings (SSSR count). The van der Waals surface area contributed by atoms with Crippen LogP contribution in [0.15, 0.2) is 54.0 Å². The lowest BCUT2D eigenvalue weighted by molar-refractivity contribution is -0.00521. The van der Waals surface area contributed by atoms with E-state index in [1.807, 2.05) is 24.4 Å². The summed E-state index contributed by atoms with van der Waals surface area (Å²) in [5, 5.41) is 12.6. The van der Waals surface area contributed by atoms with Crippen LogP contribution in [0.1, 0.15) is 19.5 Å². The highest BCUT2D eigenvalue weighted by molar-refractivity contribution is 7.13. The Balaban J connectivity index is 1.53. The number of thiazole rings is 1. The SMILES string of the molecule is COc1c(-c2ccc(N3CC(C)OC(C)C3)cc2)cnc2c(-c3nc(C#N)cs3)cccc12. The van der Waals surface area contributed by atoms with Crippen LogP contribution in [0.3, 0.4) is 0 Å². The maximum Gasteiger partial charge on any atom is 0.152 e. The van der Waals surface area contributed by atoms with Crippen LogP contribution in [-0.2, 0) is 4.74 Å². The molecule has 0 amide bonds. The van der Waals surface area contributed by atoms with Gasteiger partial charge in [-0.05, 0) is 43.7 Å². The average molecular weight is 457 g/mol. The predicted octanol–water partition coefficient (Wildman–Crippen LogP) is 5.52. The maximum absolute atomic E-state index is 9.13. The fourth-order valence-corrected chi connectivity index (χ4v) is 5.26. The Morgan fingerprint density at radius 1 is 1.09 bits per heavy atom. The van der Waals surface area contributed by atoms with Gasteiger partial charge >= 0.3 is 0 Å². The first kappa shape index (κ1) is 21.4. The van der Waals surface area contributed by atoms with Crippen LogP contribution in [0.4, 0.5) is 5.69 Å². The molecule has 2 aromatic carbocycles. The normalized spacial score (nSPS) is 18.3. The molecule has 166 valence electrons. The Morgan fingerprint density at radius 2 is 1.85 bits per heavy atom. The van der Waals surface area contributed by atoms with Crippen LogP contribution in [0.2, 0.25) is 0 Å². The van der Waals surface area contributed by atoms with Gasteiger partial charge in [-0.2, -0.15) is 5.26 Å². The minimum atomic E-state index is 0.217. The molecule has 7 heteroatoms. The minimum Gasteiger partial charge on any atom is -0.495 e. The Labute approximate surface area is 197 Å². The van der Waals surface area contributed by atoms with Crippen LogP contribution in [0.25, 0.3) is 32.6 Å². The van der Waals surface area contributed by atoms with Crippen molar-refractivity contribution in [3.8, 4) is 33.5 Å². The molecule has 3 heterocycles. The topological polar surface area (TPSA) is 71.3 Å². The maximum atomic E-state index is 9.13. The van der Waals surface area contributed by atoms with Crippen LogP contribution < -0.4 is 9.64 Å². The number of pyridine rings is 1. The third-order valence-corrected chi connectivity index (χ3v) is 6.74. The molecule has 0 radical (unpaired) electrons. The Bertz CT molecular complexity index is 1330. The molecular formula is C26H24N4O2S. The number of morpholine rings is 1. The molecule has 2 atom stereocenters. The van der Waals surface area contributed by atoms with E-state index in [2.05, 4.69) is 54.1 Å². The number of para-hydroxylation sites is 1. The zero-order valence-corrected chi connectivity index (χ0v) is 19.6. The summed E-state index contributed by atoms with van der Waals surface area (Å²) >= 11 is 1.44. The molecule has 1 aliphatic rings. The first-order chi connectivity index (χ1) is 16.1. The second-order valence-electron chi connectivity index (χ2n) is 8.27. The highest BCUT2D eigenvalue weighted by Crippen LogP contribution is 2.39. The van der Waals surface area contributed by atoms with E-state index in [9.17, 15) is 0 Å². The molecule has 4 aromatic rings. The van der Waals surface area contributed by atoms with Crippen molar-refractivity contribution in [1.29, 1.82) is 5.26 Å². The van der Waals surface area contributed by atoms with Crippen LogP contribution in [-0.4, -0.2) is 42.4 Å². The number of benzene rings is 2. The number of methoxy groups -OCH3 is 1. The molecule has 1 fully saturated rings. The van der Waals surface area contributed by atoms with E-state index in [0.29, 0.717) is 5.69 Å². The van der Waals surface area contributed by atoms with E-state index in [1.54, 1.807) is 12.5 Å². The molecule has 1 saturated heterocycles. The highest BCUT2D eigenvalue weighted by atomic mass is 32.1. The van der Waals surface area contributed by atoms with Gasteiger partial charge in [0.15, 0.2) is 5.69 Å². The molecule has 0 saturated carbocycles. The number of nitriles is 1. The molecular weight excluding hydrogens is 432 g/mol. The van der Waals surface area contributed by atoms with Gasteiger partial charge in [0.25, 0.3) is 0 Å². The smallest absolute Gasteiger partial charge is 0.152 e. The highest BCUT2D eigenvalue weighted by Gasteiger charge is 2.22. The number of ether oxygens (including phenoxy) is 2. The lowest BCUT2D eigenvalue weighted by Crippen LogP contribution is -2.45. The average Bonchev–Trinajstić information content (AvgIpc) is 3.31. The first-order valence-corrected chi connectivity index (χ1v) is 11.8. The number of rotatable bonds is 4. The van der Waals surface area contributed by atoms with E-state index in [0.717, 1.165) is 51.4 Å². The standard InChI is InChI=1S/C26H24N4O2S/c1-16-13-30(14-17(2)32-16)20-9-7-18(8-10-20)23-12-28-24-21(25(23)31-3)5-4-6-22(24)26-29-19(11-27)15-33-26/h4-10,12,15-17H,13-14H2,1-3H3. The van der Waals surface area contributed by atoms with Crippen molar-refractivity contribution >= 4 is 27.9 Å². The van der Waals surface area contributed by atoms with E-state index >= 15 is 0 Å². The van der Waals surface area contributed by atoms with Crippen molar-refractivity contribution < 1.29 is 9.47 Å². The third kappa shape index (κ3) is 4.04. The largest absolute Gasteiger partial charge is 0.495 e. The molecule has 1 aliphatic heterocycles. The quantitative estimate of drug-likeness (QED) is 0.403. The van der Waals surface area contributed by atoms with Crippen LogP contribution in [0, 0.1) is 11.3 Å². The van der Waals surface area contributed by atoms with Crippen molar-refractivity contribution in [3.63, 3.8) is 0 Å². The Morgan fingerprint density at radius 3 is 2.52 bits per heavy atom. The summed E-state index contributed by atoms with van der Waals surface area (Å²) in [5.74, 6) is 0.778. The summed E-state index contributed by atoms with van der Waals surface area (Å²) in [7, 11) is 1.69. The summed E-state index contributed by atoms with van der Waals surface area (Å²) in [5.41, 5.74) is 5.30. The number of hydrogen-bond donors (Lipinski definition) is 0. The van der Waals surface area contributed by atoms with Crippen molar-refractivity contribution in [2.45, 2.75) is 26.1 Å². The second-order valence-corrected chi connectivity index (χ2v) is 9.12. The first-order valence-electron chi connectivity index (χ1n) is 10.9. The van der Waals surface area contributed by atoms with Gasteiger partial charge in [-0.3, -0.25) is 4.98 Å².